The van der Waals surface area contributed by atoms with Gasteiger partial charge in [0.1, 0.15) is 0 Å². The average Bonchev–Trinajstić information content (AvgIpc) is 3.24. The van der Waals surface area contributed by atoms with Crippen LogP contribution < -0.4 is 9.47 Å². The molecule has 112 valence electrons. The van der Waals surface area contributed by atoms with Crippen LogP contribution in [0.3, 0.4) is 0 Å². The van der Waals surface area contributed by atoms with Gasteiger partial charge in [0.2, 0.25) is 0 Å². The summed E-state index contributed by atoms with van der Waals surface area (Å²) in [4.78, 5) is 2.32. The van der Waals surface area contributed by atoms with Crippen LogP contribution in [0.15, 0.2) is 18.2 Å². The molecule has 4 nitrogen and oxygen atoms in total. The van der Waals surface area contributed by atoms with E-state index in [0.717, 1.165) is 23.6 Å². The second-order valence-corrected chi connectivity index (χ2v) is 5.54. The summed E-state index contributed by atoms with van der Waals surface area (Å²) >= 11 is 0. The molecule has 1 aliphatic rings. The minimum atomic E-state index is 0.109. The zero-order valence-electron chi connectivity index (χ0n) is 12.6. The molecule has 0 atom stereocenters. The lowest BCUT2D eigenvalue weighted by Crippen LogP contribution is -2.29. The molecule has 0 amide bonds. The van der Waals surface area contributed by atoms with Crippen molar-refractivity contribution in [3.8, 4) is 11.5 Å². The Morgan fingerprint density at radius 2 is 2.10 bits per heavy atom. The lowest BCUT2D eigenvalue weighted by Gasteiger charge is -2.24. The van der Waals surface area contributed by atoms with Gasteiger partial charge in [-0.05, 0) is 32.8 Å². The van der Waals surface area contributed by atoms with Gasteiger partial charge in [0, 0.05) is 24.7 Å². The van der Waals surface area contributed by atoms with Gasteiger partial charge >= 0.3 is 0 Å². The lowest BCUT2D eigenvalue weighted by atomic mass is 10.1. The topological polar surface area (TPSA) is 41.9 Å². The smallest absolute Gasteiger partial charge is 0.166 e. The molecule has 20 heavy (non-hydrogen) atoms. The van der Waals surface area contributed by atoms with Crippen LogP contribution >= 0.6 is 0 Å². The van der Waals surface area contributed by atoms with E-state index in [1.165, 1.54) is 12.8 Å². The molecule has 4 heteroatoms. The number of hydrogen-bond donors (Lipinski definition) is 1. The van der Waals surface area contributed by atoms with Crippen LogP contribution in [0.2, 0.25) is 0 Å². The van der Waals surface area contributed by atoms with Gasteiger partial charge in [-0.1, -0.05) is 12.1 Å². The quantitative estimate of drug-likeness (QED) is 0.793. The fourth-order valence-corrected chi connectivity index (χ4v) is 2.39. The van der Waals surface area contributed by atoms with Crippen molar-refractivity contribution in [1.82, 2.24) is 4.90 Å². The van der Waals surface area contributed by atoms with E-state index in [2.05, 4.69) is 11.0 Å². The molecule has 0 heterocycles. The van der Waals surface area contributed by atoms with Crippen LogP contribution in [-0.2, 0) is 6.54 Å². The van der Waals surface area contributed by atoms with Gasteiger partial charge in [0.15, 0.2) is 11.5 Å². The highest BCUT2D eigenvalue weighted by Gasteiger charge is 2.29. The van der Waals surface area contributed by atoms with Crippen LogP contribution in [-0.4, -0.2) is 42.4 Å². The monoisotopic (exact) mass is 279 g/mol. The zero-order valence-corrected chi connectivity index (χ0v) is 12.6. The molecule has 1 fully saturated rings. The molecule has 0 aromatic heterocycles. The maximum Gasteiger partial charge on any atom is 0.166 e. The predicted octanol–water partition coefficient (Wildman–Crippen LogP) is 2.44. The normalized spacial score (nSPS) is 14.9. The molecular formula is C16H25NO3. The summed E-state index contributed by atoms with van der Waals surface area (Å²) in [6.45, 7) is 5.74. The molecule has 2 rings (SSSR count). The Balaban J connectivity index is 2.20. The number of benzene rings is 1. The number of methoxy groups -OCH3 is 1. The number of ether oxygens (including phenoxy) is 2. The molecule has 1 saturated carbocycles. The second-order valence-electron chi connectivity index (χ2n) is 5.54. The molecule has 0 bridgehead atoms. The average molecular weight is 279 g/mol. The van der Waals surface area contributed by atoms with Gasteiger partial charge in [-0.25, -0.2) is 0 Å². The molecule has 0 spiro atoms. The largest absolute Gasteiger partial charge is 0.493 e. The van der Waals surface area contributed by atoms with E-state index in [1.54, 1.807) is 7.11 Å². The molecule has 0 radical (unpaired) electrons. The minimum Gasteiger partial charge on any atom is -0.493 e. The SMILES string of the molecule is COc1cccc(CN(CCO)C2CC2)c1OC(C)C. The summed E-state index contributed by atoms with van der Waals surface area (Å²) in [5.74, 6) is 1.60. The molecule has 1 aromatic rings. The standard InChI is InChI=1S/C16H25NO3/c1-12(2)20-16-13(5-4-6-15(16)19-3)11-17(9-10-18)14-7-8-14/h4-6,12,14,18H,7-11H2,1-3H3. The first kappa shape index (κ1) is 15.1. The molecule has 0 unspecified atom stereocenters. The fraction of sp³-hybridized carbons (Fsp3) is 0.625. The van der Waals surface area contributed by atoms with Crippen molar-refractivity contribution in [2.75, 3.05) is 20.3 Å². The van der Waals surface area contributed by atoms with Gasteiger partial charge in [-0.3, -0.25) is 4.90 Å². The van der Waals surface area contributed by atoms with Crippen molar-refractivity contribution in [3.63, 3.8) is 0 Å². The van der Waals surface area contributed by atoms with Gasteiger partial charge in [0.25, 0.3) is 0 Å². The lowest BCUT2D eigenvalue weighted by molar-refractivity contribution is 0.177. The summed E-state index contributed by atoms with van der Waals surface area (Å²) in [7, 11) is 1.67. The first-order valence-electron chi connectivity index (χ1n) is 7.33. The highest BCUT2D eigenvalue weighted by molar-refractivity contribution is 5.46. The Bertz CT molecular complexity index is 430. The summed E-state index contributed by atoms with van der Waals surface area (Å²) in [5, 5.41) is 9.21. The first-order chi connectivity index (χ1) is 9.65. The fourth-order valence-electron chi connectivity index (χ4n) is 2.39. The first-order valence-corrected chi connectivity index (χ1v) is 7.33. The van der Waals surface area contributed by atoms with Crippen LogP contribution in [0.25, 0.3) is 0 Å². The van der Waals surface area contributed by atoms with E-state index in [9.17, 15) is 5.11 Å². The molecule has 1 aliphatic carbocycles. The van der Waals surface area contributed by atoms with Crippen molar-refractivity contribution in [1.29, 1.82) is 0 Å². The van der Waals surface area contributed by atoms with Crippen molar-refractivity contribution in [2.45, 2.75) is 45.4 Å². The van der Waals surface area contributed by atoms with Gasteiger partial charge in [-0.2, -0.15) is 0 Å². The third kappa shape index (κ3) is 3.87. The molecular weight excluding hydrogens is 254 g/mol. The van der Waals surface area contributed by atoms with E-state index in [4.69, 9.17) is 9.47 Å². The van der Waals surface area contributed by atoms with Gasteiger partial charge < -0.3 is 14.6 Å². The molecule has 1 N–H and O–H groups in total. The van der Waals surface area contributed by atoms with E-state index >= 15 is 0 Å². The number of hydrogen-bond acceptors (Lipinski definition) is 4. The Kier molecular flexibility index (Phi) is 5.26. The number of rotatable bonds is 8. The predicted molar refractivity (Wildman–Crippen MR) is 79.3 cm³/mol. The summed E-state index contributed by atoms with van der Waals surface area (Å²) < 4.78 is 11.3. The highest BCUT2D eigenvalue weighted by Crippen LogP contribution is 2.35. The van der Waals surface area contributed by atoms with Crippen LogP contribution in [0.4, 0.5) is 0 Å². The van der Waals surface area contributed by atoms with E-state index in [-0.39, 0.29) is 12.7 Å². The number of aliphatic hydroxyl groups is 1. The molecule has 0 aliphatic heterocycles. The summed E-state index contributed by atoms with van der Waals surface area (Å²) in [6.07, 6.45) is 2.56. The van der Waals surface area contributed by atoms with Gasteiger partial charge in [-0.15, -0.1) is 0 Å². The number of nitrogens with zero attached hydrogens (tertiary/aromatic N) is 1. The minimum absolute atomic E-state index is 0.109. The molecule has 1 aromatic carbocycles. The second kappa shape index (κ2) is 6.95. The third-order valence-electron chi connectivity index (χ3n) is 3.46. The number of aliphatic hydroxyl groups excluding tert-OH is 1. The van der Waals surface area contributed by atoms with Crippen LogP contribution in [0, 0.1) is 0 Å². The van der Waals surface area contributed by atoms with Gasteiger partial charge in [0.05, 0.1) is 19.8 Å². The van der Waals surface area contributed by atoms with E-state index in [0.29, 0.717) is 12.6 Å². The maximum atomic E-state index is 9.21. The van der Waals surface area contributed by atoms with Crippen LogP contribution in [0.1, 0.15) is 32.3 Å². The Labute approximate surface area is 121 Å². The molecule has 0 saturated heterocycles. The van der Waals surface area contributed by atoms with Crippen LogP contribution in [0.5, 0.6) is 11.5 Å². The zero-order chi connectivity index (χ0) is 14.5. The Morgan fingerprint density at radius 3 is 2.65 bits per heavy atom. The van der Waals surface area contributed by atoms with Crippen molar-refractivity contribution >= 4 is 0 Å². The Hall–Kier alpha value is -1.26. The summed E-state index contributed by atoms with van der Waals surface area (Å²) in [5.41, 5.74) is 1.12. The van der Waals surface area contributed by atoms with Crippen molar-refractivity contribution < 1.29 is 14.6 Å². The highest BCUT2D eigenvalue weighted by atomic mass is 16.5. The maximum absolute atomic E-state index is 9.21. The van der Waals surface area contributed by atoms with E-state index < -0.39 is 0 Å². The van der Waals surface area contributed by atoms with Crippen molar-refractivity contribution in [3.05, 3.63) is 23.8 Å². The summed E-state index contributed by atoms with van der Waals surface area (Å²) in [6, 6.07) is 6.60. The van der Waals surface area contributed by atoms with E-state index in [1.807, 2.05) is 26.0 Å². The number of para-hydroxylation sites is 1. The Morgan fingerprint density at radius 1 is 1.35 bits per heavy atom. The van der Waals surface area contributed by atoms with Crippen molar-refractivity contribution in [2.24, 2.45) is 0 Å². The third-order valence-corrected chi connectivity index (χ3v) is 3.46.